The molecule has 28 heavy (non-hydrogen) atoms. The van der Waals surface area contributed by atoms with Gasteiger partial charge in [0.1, 0.15) is 6.10 Å². The van der Waals surface area contributed by atoms with E-state index < -0.39 is 0 Å². The van der Waals surface area contributed by atoms with Crippen LogP contribution in [0.1, 0.15) is 92.4 Å². The summed E-state index contributed by atoms with van der Waals surface area (Å²) in [6.45, 7) is 10.8. The molecular weight excluding hydrogens is 348 g/mol. The van der Waals surface area contributed by atoms with Crippen LogP contribution in [0.25, 0.3) is 0 Å². The number of allylic oxidation sites excluding steroid dienone is 4. The largest absolute Gasteiger partial charge is 0.462 e. The summed E-state index contributed by atoms with van der Waals surface area (Å²) in [5, 5.41) is 0. The fourth-order valence-electron chi connectivity index (χ4n) is 6.25. The molecule has 0 heterocycles. The lowest BCUT2D eigenvalue weighted by molar-refractivity contribution is -0.155. The van der Waals surface area contributed by atoms with Gasteiger partial charge in [0.2, 0.25) is 0 Å². The van der Waals surface area contributed by atoms with Gasteiger partial charge in [-0.3, -0.25) is 9.59 Å². The van der Waals surface area contributed by atoms with Crippen LogP contribution in [0.5, 0.6) is 0 Å². The van der Waals surface area contributed by atoms with Gasteiger partial charge in [-0.2, -0.15) is 0 Å². The standard InChI is InChI=1S/C22H30O3.C3H8/c1-4-20(24)25-19-8-7-17-16-6-5-14-13-15(23)9-11-21(14,2)18(16)10-12-22(17,19)3;1-3-2/h10,13,16-17,19H,4-9,11-12H2,1-3H3;3H2,1-2H3/t16?,17?,19-,21?,22?;/m0./s1. The molecule has 2 saturated carbocycles. The summed E-state index contributed by atoms with van der Waals surface area (Å²) in [7, 11) is 0. The minimum Gasteiger partial charge on any atom is -0.462 e. The van der Waals surface area contributed by atoms with E-state index in [1.54, 1.807) is 5.57 Å². The zero-order chi connectivity index (χ0) is 20.5. The molecule has 4 aliphatic rings. The molecule has 0 bridgehead atoms. The Kier molecular flexibility index (Phi) is 6.22. The third-order valence-corrected chi connectivity index (χ3v) is 7.81. The van der Waals surface area contributed by atoms with Crippen LogP contribution in [-0.2, 0) is 14.3 Å². The Bertz CT molecular complexity index is 688. The number of ether oxygens (including phenoxy) is 1. The first-order valence-electron chi connectivity index (χ1n) is 11.4. The summed E-state index contributed by atoms with van der Waals surface area (Å²) in [6.07, 6.45) is 13.2. The number of carbonyl (C=O) groups is 2. The van der Waals surface area contributed by atoms with Gasteiger partial charge in [-0.05, 0) is 56.4 Å². The van der Waals surface area contributed by atoms with E-state index in [4.69, 9.17) is 4.74 Å². The second kappa shape index (κ2) is 8.16. The Hall–Kier alpha value is -1.38. The molecular formula is C25H38O3. The molecule has 3 nitrogen and oxygen atoms in total. The lowest BCUT2D eigenvalue weighted by Crippen LogP contribution is -2.46. The molecule has 3 heteroatoms. The van der Waals surface area contributed by atoms with Crippen molar-refractivity contribution in [1.29, 1.82) is 0 Å². The first-order valence-corrected chi connectivity index (χ1v) is 11.4. The van der Waals surface area contributed by atoms with Gasteiger partial charge >= 0.3 is 5.97 Å². The van der Waals surface area contributed by atoms with Crippen molar-refractivity contribution in [1.82, 2.24) is 0 Å². The van der Waals surface area contributed by atoms with E-state index >= 15 is 0 Å². The van der Waals surface area contributed by atoms with E-state index in [1.165, 1.54) is 12.0 Å². The number of hydrogen-bond donors (Lipinski definition) is 0. The van der Waals surface area contributed by atoms with Gasteiger partial charge in [-0.15, -0.1) is 0 Å². The van der Waals surface area contributed by atoms with Crippen molar-refractivity contribution >= 4 is 11.8 Å². The lowest BCUT2D eigenvalue weighted by atomic mass is 9.52. The molecule has 0 N–H and O–H groups in total. The van der Waals surface area contributed by atoms with Crippen LogP contribution in [0, 0.1) is 22.7 Å². The Morgan fingerprint density at radius 2 is 1.86 bits per heavy atom. The molecule has 0 amide bonds. The fraction of sp³-hybridized carbons (Fsp3) is 0.760. The highest BCUT2D eigenvalue weighted by atomic mass is 16.5. The smallest absolute Gasteiger partial charge is 0.305 e. The highest BCUT2D eigenvalue weighted by molar-refractivity contribution is 5.92. The quantitative estimate of drug-likeness (QED) is 0.420. The third kappa shape index (κ3) is 3.50. The van der Waals surface area contributed by atoms with Gasteiger partial charge in [-0.25, -0.2) is 0 Å². The lowest BCUT2D eigenvalue weighted by Gasteiger charge is -2.53. The molecule has 0 saturated heterocycles. The molecule has 5 atom stereocenters. The van der Waals surface area contributed by atoms with Crippen molar-refractivity contribution in [2.75, 3.05) is 0 Å². The van der Waals surface area contributed by atoms with Crippen LogP contribution in [0.4, 0.5) is 0 Å². The molecule has 0 radical (unpaired) electrons. The average molecular weight is 387 g/mol. The first kappa shape index (κ1) is 21.3. The number of hydrogen-bond acceptors (Lipinski definition) is 3. The minimum atomic E-state index is -0.0618. The maximum absolute atomic E-state index is 11.9. The number of fused-ring (bicyclic) bond motifs is 5. The molecule has 0 aliphatic heterocycles. The van der Waals surface area contributed by atoms with E-state index in [-0.39, 0.29) is 22.9 Å². The topological polar surface area (TPSA) is 43.4 Å². The Balaban J connectivity index is 0.000000706. The van der Waals surface area contributed by atoms with Crippen molar-refractivity contribution in [3.8, 4) is 0 Å². The maximum atomic E-state index is 11.9. The molecule has 0 spiro atoms. The van der Waals surface area contributed by atoms with Crippen LogP contribution in [-0.4, -0.2) is 17.9 Å². The second-order valence-electron chi connectivity index (χ2n) is 9.71. The van der Waals surface area contributed by atoms with Crippen LogP contribution in [0.2, 0.25) is 0 Å². The summed E-state index contributed by atoms with van der Waals surface area (Å²) in [6, 6.07) is 0. The predicted octanol–water partition coefficient (Wildman–Crippen LogP) is 6.18. The van der Waals surface area contributed by atoms with E-state index in [0.29, 0.717) is 30.5 Å². The average Bonchev–Trinajstić information content (AvgIpc) is 2.99. The highest BCUT2D eigenvalue weighted by Gasteiger charge is 2.57. The van der Waals surface area contributed by atoms with Crippen molar-refractivity contribution in [2.24, 2.45) is 22.7 Å². The Morgan fingerprint density at radius 1 is 1.14 bits per heavy atom. The van der Waals surface area contributed by atoms with E-state index in [2.05, 4.69) is 33.8 Å². The summed E-state index contributed by atoms with van der Waals surface area (Å²) >= 11 is 0. The number of carbonyl (C=O) groups excluding carboxylic acids is 2. The zero-order valence-corrected chi connectivity index (χ0v) is 18.5. The van der Waals surface area contributed by atoms with Gasteiger partial charge < -0.3 is 4.74 Å². The van der Waals surface area contributed by atoms with Crippen molar-refractivity contribution in [3.05, 3.63) is 23.3 Å². The van der Waals surface area contributed by atoms with Crippen molar-refractivity contribution < 1.29 is 14.3 Å². The summed E-state index contributed by atoms with van der Waals surface area (Å²) in [5.41, 5.74) is 3.13. The molecule has 0 aromatic heterocycles. The minimum absolute atomic E-state index is 0.0618. The van der Waals surface area contributed by atoms with Gasteiger partial charge in [0.05, 0.1) is 0 Å². The molecule has 4 rings (SSSR count). The molecule has 156 valence electrons. The fourth-order valence-corrected chi connectivity index (χ4v) is 6.25. The molecule has 0 aromatic rings. The normalized spacial score (nSPS) is 38.8. The van der Waals surface area contributed by atoms with Crippen molar-refractivity contribution in [2.45, 2.75) is 98.5 Å². The van der Waals surface area contributed by atoms with E-state index in [0.717, 1.165) is 38.5 Å². The van der Waals surface area contributed by atoms with Gasteiger partial charge in [-0.1, -0.05) is 58.3 Å². The number of esters is 1. The number of ketones is 1. The molecule has 4 aliphatic carbocycles. The van der Waals surface area contributed by atoms with Crippen molar-refractivity contribution in [3.63, 3.8) is 0 Å². The van der Waals surface area contributed by atoms with Gasteiger partial charge in [0.25, 0.3) is 0 Å². The van der Waals surface area contributed by atoms with Crippen LogP contribution in [0.15, 0.2) is 23.3 Å². The third-order valence-electron chi connectivity index (χ3n) is 7.81. The molecule has 2 fully saturated rings. The van der Waals surface area contributed by atoms with Crippen LogP contribution in [0.3, 0.4) is 0 Å². The zero-order valence-electron chi connectivity index (χ0n) is 18.5. The van der Waals surface area contributed by atoms with Crippen LogP contribution >= 0.6 is 0 Å². The highest BCUT2D eigenvalue weighted by Crippen LogP contribution is 2.63. The molecule has 4 unspecified atom stereocenters. The predicted molar refractivity (Wildman–Crippen MR) is 113 cm³/mol. The van der Waals surface area contributed by atoms with E-state index in [1.807, 2.05) is 13.0 Å². The second-order valence-corrected chi connectivity index (χ2v) is 9.71. The van der Waals surface area contributed by atoms with Gasteiger partial charge in [0, 0.05) is 23.7 Å². The maximum Gasteiger partial charge on any atom is 0.305 e. The van der Waals surface area contributed by atoms with Gasteiger partial charge in [0.15, 0.2) is 5.78 Å². The summed E-state index contributed by atoms with van der Waals surface area (Å²) in [4.78, 5) is 23.7. The summed E-state index contributed by atoms with van der Waals surface area (Å²) in [5.74, 6) is 1.45. The Labute approximate surface area is 171 Å². The molecule has 0 aromatic carbocycles. The SMILES string of the molecule is CCC.CCC(=O)O[C@H]1CCC2C3CCC4=CC(=O)CCC4(C)C3=CCC21C. The first-order chi connectivity index (χ1) is 13.3. The number of rotatable bonds is 2. The van der Waals surface area contributed by atoms with Crippen LogP contribution < -0.4 is 0 Å². The van der Waals surface area contributed by atoms with E-state index in [9.17, 15) is 9.59 Å². The Morgan fingerprint density at radius 3 is 2.54 bits per heavy atom. The summed E-state index contributed by atoms with van der Waals surface area (Å²) < 4.78 is 5.83. The monoisotopic (exact) mass is 386 g/mol.